The van der Waals surface area contributed by atoms with Gasteiger partial charge in [-0.15, -0.1) is 71.8 Å². The Kier molecular flexibility index (Phi) is 15.2. The van der Waals surface area contributed by atoms with Gasteiger partial charge >= 0.3 is 0 Å². The fourth-order valence-electron chi connectivity index (χ4n) is 2.51. The molecular weight excluding hydrogens is 609 g/mol. The molecule has 0 saturated carbocycles. The molecule has 2 unspecified atom stereocenters. The smallest absolute Gasteiger partial charge is 0.158 e. The maximum absolute atomic E-state index is 8.70. The molecule has 0 bridgehead atoms. The average molecular weight is 637 g/mol. The predicted molar refractivity (Wildman–Crippen MR) is 128 cm³/mol. The monoisotopic (exact) mass is 637 g/mol. The van der Waals surface area contributed by atoms with Crippen LogP contribution in [0.25, 0.3) is 22.5 Å². The van der Waals surface area contributed by atoms with Crippen LogP contribution >= 0.6 is 0 Å². The third kappa shape index (κ3) is 11.4. The van der Waals surface area contributed by atoms with E-state index < -0.39 is 12.6 Å². The van der Waals surface area contributed by atoms with E-state index in [4.69, 9.17) is 10.2 Å². The van der Waals surface area contributed by atoms with E-state index in [1.54, 1.807) is 12.4 Å². The molecule has 2 aromatic heterocycles. The molecule has 0 spiro atoms. The molecule has 0 aliphatic carbocycles. The van der Waals surface area contributed by atoms with Gasteiger partial charge in [0.15, 0.2) is 12.6 Å². The van der Waals surface area contributed by atoms with Crippen LogP contribution in [-0.2, 0) is 29.6 Å². The summed E-state index contributed by atoms with van der Waals surface area (Å²) in [5.74, 6) is 0. The first-order valence-electron chi connectivity index (χ1n) is 10.3. The Morgan fingerprint density at radius 1 is 0.676 bits per heavy atom. The normalized spacial score (nSPS) is 11.4. The molecule has 0 aliphatic rings. The predicted octanol–water partition coefficient (Wildman–Crippen LogP) is 4.40. The summed E-state index contributed by atoms with van der Waals surface area (Å²) < 4.78 is 8.88. The number of aromatic nitrogens is 2. The number of hydrogen-bond acceptors (Lipinski definition) is 6. The van der Waals surface area contributed by atoms with Crippen LogP contribution in [0.2, 0.25) is 0 Å². The van der Waals surface area contributed by atoms with Gasteiger partial charge in [0.1, 0.15) is 0 Å². The summed E-state index contributed by atoms with van der Waals surface area (Å²) in [6, 6.07) is 33.6. The van der Waals surface area contributed by atoms with Crippen molar-refractivity contribution < 1.29 is 39.8 Å². The van der Waals surface area contributed by atoms with Crippen molar-refractivity contribution in [2.75, 3.05) is 14.2 Å². The topological polar surface area (TPSA) is 84.7 Å². The number of hydrogen-bond donors (Lipinski definition) is 2. The Morgan fingerprint density at radius 2 is 1.09 bits per heavy atom. The van der Waals surface area contributed by atoms with Gasteiger partial charge < -0.3 is 29.7 Å². The molecule has 0 aliphatic heterocycles. The molecule has 2 heterocycles. The first-order chi connectivity index (χ1) is 16.1. The second kappa shape index (κ2) is 17.7. The quantitative estimate of drug-likeness (QED) is 0.241. The van der Waals surface area contributed by atoms with Crippen LogP contribution in [0, 0.1) is 12.1 Å². The molecule has 0 amide bonds. The molecule has 2 aromatic carbocycles. The number of aliphatic hydroxyl groups excluding tert-OH is 2. The Morgan fingerprint density at radius 3 is 1.38 bits per heavy atom. The number of aliphatic hydroxyl groups is 2. The van der Waals surface area contributed by atoms with E-state index in [9.17, 15) is 0 Å². The Labute approximate surface area is 214 Å². The van der Waals surface area contributed by atoms with Crippen molar-refractivity contribution in [3.63, 3.8) is 0 Å². The molecule has 1 radical (unpaired) electrons. The summed E-state index contributed by atoms with van der Waals surface area (Å²) in [4.78, 5) is 8.44. The molecule has 2 N–H and O–H groups in total. The van der Waals surface area contributed by atoms with Crippen molar-refractivity contribution in [2.24, 2.45) is 0 Å². The van der Waals surface area contributed by atoms with Gasteiger partial charge in [-0.2, -0.15) is 0 Å². The molecule has 0 saturated heterocycles. The van der Waals surface area contributed by atoms with Crippen molar-refractivity contribution in [3.05, 3.63) is 109 Å². The Hall–Kier alpha value is -2.77. The maximum atomic E-state index is 8.70. The van der Waals surface area contributed by atoms with Crippen LogP contribution in [-0.4, -0.2) is 47.0 Å². The van der Waals surface area contributed by atoms with Gasteiger partial charge in [0.05, 0.1) is 0 Å². The minimum absolute atomic E-state index is 0. The van der Waals surface area contributed by atoms with E-state index >= 15 is 0 Å². The van der Waals surface area contributed by atoms with Crippen LogP contribution in [0.3, 0.4) is 0 Å². The SMILES string of the molecule is COC(O)CC(O)OC.[Ir].[c-]1ccccc1-c1ccccn1.[c-]1ccccc1-c1ccccn1. The summed E-state index contributed by atoms with van der Waals surface area (Å²) in [5, 5.41) is 17.4. The molecule has 0 fully saturated rings. The number of nitrogens with zero attached hydrogens (tertiary/aromatic N) is 2. The van der Waals surface area contributed by atoms with E-state index in [0.717, 1.165) is 22.5 Å². The summed E-state index contributed by atoms with van der Waals surface area (Å²) in [5.41, 5.74) is 4.02. The van der Waals surface area contributed by atoms with Gasteiger partial charge in [-0.05, 0) is 23.5 Å². The largest absolute Gasteiger partial charge is 0.368 e. The summed E-state index contributed by atoms with van der Waals surface area (Å²) >= 11 is 0. The van der Waals surface area contributed by atoms with Gasteiger partial charge in [-0.25, -0.2) is 0 Å². The zero-order valence-electron chi connectivity index (χ0n) is 19.0. The summed E-state index contributed by atoms with van der Waals surface area (Å²) in [6.07, 6.45) is 1.76. The van der Waals surface area contributed by atoms with E-state index in [1.165, 1.54) is 14.2 Å². The molecule has 34 heavy (non-hydrogen) atoms. The molecular formula is C27H28IrN2O4-2. The number of rotatable bonds is 6. The van der Waals surface area contributed by atoms with Crippen LogP contribution in [0.1, 0.15) is 6.42 Å². The molecule has 6 nitrogen and oxygen atoms in total. The molecule has 4 rings (SSSR count). The summed E-state index contributed by atoms with van der Waals surface area (Å²) in [7, 11) is 2.71. The van der Waals surface area contributed by atoms with E-state index in [-0.39, 0.29) is 26.5 Å². The second-order valence-corrected chi connectivity index (χ2v) is 6.60. The van der Waals surface area contributed by atoms with Crippen molar-refractivity contribution in [1.82, 2.24) is 9.97 Å². The minimum atomic E-state index is -0.944. The third-order valence-corrected chi connectivity index (χ3v) is 4.25. The van der Waals surface area contributed by atoms with Gasteiger partial charge in [-0.3, -0.25) is 0 Å². The second-order valence-electron chi connectivity index (χ2n) is 6.60. The molecule has 2 atom stereocenters. The minimum Gasteiger partial charge on any atom is -0.368 e. The van der Waals surface area contributed by atoms with Crippen molar-refractivity contribution in [1.29, 1.82) is 0 Å². The fourth-order valence-corrected chi connectivity index (χ4v) is 2.51. The van der Waals surface area contributed by atoms with Crippen LogP contribution in [0.5, 0.6) is 0 Å². The zero-order chi connectivity index (χ0) is 23.7. The average Bonchev–Trinajstić information content (AvgIpc) is 2.91. The third-order valence-electron chi connectivity index (χ3n) is 4.25. The van der Waals surface area contributed by atoms with Gasteiger partial charge in [0.2, 0.25) is 0 Å². The van der Waals surface area contributed by atoms with Crippen LogP contribution < -0.4 is 0 Å². The first kappa shape index (κ1) is 29.3. The van der Waals surface area contributed by atoms with Crippen molar-refractivity contribution in [2.45, 2.75) is 19.0 Å². The molecule has 181 valence electrons. The van der Waals surface area contributed by atoms with Crippen LogP contribution in [0.15, 0.2) is 97.3 Å². The van der Waals surface area contributed by atoms with Gasteiger partial charge in [0.25, 0.3) is 0 Å². The summed E-state index contributed by atoms with van der Waals surface area (Å²) in [6.45, 7) is 0. The molecule has 7 heteroatoms. The van der Waals surface area contributed by atoms with Crippen LogP contribution in [0.4, 0.5) is 0 Å². The number of pyridine rings is 2. The molecule has 4 aromatic rings. The standard InChI is InChI=1S/2C11H8N.C5H12O4.Ir/c2*1-2-6-10(7-3-1)11-8-4-5-9-12-11;1-8-4(6)3-5(7)9-2;/h2*1-6,8-9H;4-7H,3H2,1-2H3;/q2*-1;;. The Bertz CT molecular complexity index is 836. The van der Waals surface area contributed by atoms with E-state index in [1.807, 2.05) is 84.9 Å². The van der Waals surface area contributed by atoms with Gasteiger partial charge in [-0.1, -0.05) is 24.3 Å². The van der Waals surface area contributed by atoms with Crippen molar-refractivity contribution >= 4 is 0 Å². The fraction of sp³-hybridized carbons (Fsp3) is 0.185. The first-order valence-corrected chi connectivity index (χ1v) is 10.3. The number of ether oxygens (including phenoxy) is 2. The zero-order valence-corrected chi connectivity index (χ0v) is 21.4. The number of methoxy groups -OCH3 is 2. The number of benzene rings is 2. The van der Waals surface area contributed by atoms with Gasteiger partial charge in [0, 0.05) is 53.1 Å². The van der Waals surface area contributed by atoms with E-state index in [0.29, 0.717) is 0 Å². The Balaban J connectivity index is 0.000000255. The maximum Gasteiger partial charge on any atom is 0.158 e. The van der Waals surface area contributed by atoms with E-state index in [2.05, 4.69) is 31.6 Å². The van der Waals surface area contributed by atoms with Crippen molar-refractivity contribution in [3.8, 4) is 22.5 Å².